The standard InChI is InChI=1S/C12H20N2O8.Mg.2H/c13-4-2-1-3-7(14)10(18)22-9(17)6-12(21,11(19)20)5-8(15)16;;;/h7,21H,1-6,13-14H2,(H,15,16)(H,19,20);;;/q;+2;2*-1/t7-,12?;;;/m0.../s1. The van der Waals surface area contributed by atoms with Crippen molar-refractivity contribution in [3.63, 3.8) is 0 Å². The summed E-state index contributed by atoms with van der Waals surface area (Å²) in [5, 5.41) is 26.9. The summed E-state index contributed by atoms with van der Waals surface area (Å²) >= 11 is 0. The molecule has 10 nitrogen and oxygen atoms in total. The second-order valence-electron chi connectivity index (χ2n) is 4.77. The molecule has 0 aliphatic carbocycles. The van der Waals surface area contributed by atoms with Crippen molar-refractivity contribution in [1.29, 1.82) is 0 Å². The number of carboxylic acids is 2. The molecule has 0 rings (SSSR count). The molecule has 0 saturated carbocycles. The molecule has 0 radical (unpaired) electrons. The zero-order valence-electron chi connectivity index (χ0n) is 14.6. The van der Waals surface area contributed by atoms with Gasteiger partial charge in [-0.3, -0.25) is 9.59 Å². The molecule has 0 saturated heterocycles. The van der Waals surface area contributed by atoms with Crippen LogP contribution in [-0.4, -0.2) is 80.4 Å². The summed E-state index contributed by atoms with van der Waals surface area (Å²) in [6, 6.07) is -1.09. The molecule has 0 heterocycles. The maximum absolute atomic E-state index is 11.5. The van der Waals surface area contributed by atoms with Crippen LogP contribution in [-0.2, 0) is 23.9 Å². The van der Waals surface area contributed by atoms with Crippen LogP contribution < -0.4 is 11.5 Å². The summed E-state index contributed by atoms with van der Waals surface area (Å²) in [6.45, 7) is 0.418. The van der Waals surface area contributed by atoms with Crippen molar-refractivity contribution in [1.82, 2.24) is 0 Å². The number of carboxylic acid groups (broad SMARTS) is 2. The van der Waals surface area contributed by atoms with Crippen molar-refractivity contribution in [2.45, 2.75) is 43.7 Å². The van der Waals surface area contributed by atoms with Gasteiger partial charge in [0.25, 0.3) is 0 Å². The van der Waals surface area contributed by atoms with Crippen LogP contribution in [0.25, 0.3) is 0 Å². The monoisotopic (exact) mass is 346 g/mol. The van der Waals surface area contributed by atoms with E-state index >= 15 is 0 Å². The molecule has 0 amide bonds. The van der Waals surface area contributed by atoms with E-state index in [-0.39, 0.29) is 32.3 Å². The van der Waals surface area contributed by atoms with Crippen molar-refractivity contribution >= 4 is 46.9 Å². The van der Waals surface area contributed by atoms with E-state index in [9.17, 15) is 24.3 Å². The summed E-state index contributed by atoms with van der Waals surface area (Å²) in [7, 11) is 0. The topological polar surface area (TPSA) is 190 Å². The molecule has 0 aromatic heterocycles. The van der Waals surface area contributed by atoms with Gasteiger partial charge in [-0.2, -0.15) is 0 Å². The van der Waals surface area contributed by atoms with E-state index in [1.807, 2.05) is 0 Å². The van der Waals surface area contributed by atoms with Gasteiger partial charge in [0.1, 0.15) is 6.04 Å². The Hall–Kier alpha value is -1.27. The first-order valence-electron chi connectivity index (χ1n) is 6.50. The summed E-state index contributed by atoms with van der Waals surface area (Å²) < 4.78 is 4.32. The fraction of sp³-hybridized carbons (Fsp3) is 0.667. The number of aliphatic hydroxyl groups is 1. The molecule has 7 N–H and O–H groups in total. The van der Waals surface area contributed by atoms with Gasteiger partial charge in [0, 0.05) is 0 Å². The van der Waals surface area contributed by atoms with Gasteiger partial charge in [0.15, 0.2) is 5.60 Å². The number of carbonyl (C=O) groups excluding carboxylic acids is 2. The van der Waals surface area contributed by atoms with E-state index in [2.05, 4.69) is 4.74 Å². The largest absolute Gasteiger partial charge is 2.00 e. The molecule has 1 unspecified atom stereocenters. The first-order chi connectivity index (χ1) is 10.1. The zero-order valence-corrected chi connectivity index (χ0v) is 14.0. The maximum Gasteiger partial charge on any atom is 2.00 e. The molecule has 2 atom stereocenters. The fourth-order valence-electron chi connectivity index (χ4n) is 1.55. The van der Waals surface area contributed by atoms with E-state index in [0.29, 0.717) is 19.4 Å². The van der Waals surface area contributed by atoms with Gasteiger partial charge in [-0.05, 0) is 19.4 Å². The van der Waals surface area contributed by atoms with Gasteiger partial charge in [0.2, 0.25) is 0 Å². The Morgan fingerprint density at radius 3 is 2.13 bits per heavy atom. The first kappa shape index (κ1) is 24.0. The normalized spacial score (nSPS) is 14.0. The van der Waals surface area contributed by atoms with Gasteiger partial charge in [-0.25, -0.2) is 9.59 Å². The van der Waals surface area contributed by atoms with Gasteiger partial charge >= 0.3 is 46.9 Å². The van der Waals surface area contributed by atoms with Crippen molar-refractivity contribution < 1.29 is 42.1 Å². The van der Waals surface area contributed by atoms with E-state index in [1.54, 1.807) is 0 Å². The minimum atomic E-state index is -2.85. The molecule has 0 aliphatic rings. The molecule has 23 heavy (non-hydrogen) atoms. The van der Waals surface area contributed by atoms with Crippen LogP contribution >= 0.6 is 0 Å². The Kier molecular flexibility index (Phi) is 11.8. The third-order valence-corrected chi connectivity index (χ3v) is 2.76. The molecule has 0 spiro atoms. The Labute approximate surface area is 151 Å². The van der Waals surface area contributed by atoms with Crippen LogP contribution in [0.4, 0.5) is 0 Å². The van der Waals surface area contributed by atoms with Crippen LogP contribution in [0.15, 0.2) is 0 Å². The van der Waals surface area contributed by atoms with E-state index in [1.165, 1.54) is 0 Å². The number of carbonyl (C=O) groups is 4. The predicted octanol–water partition coefficient (Wildman–Crippen LogP) is -1.96. The van der Waals surface area contributed by atoms with Crippen LogP contribution in [0.2, 0.25) is 0 Å². The third kappa shape index (κ3) is 9.45. The van der Waals surface area contributed by atoms with E-state index in [0.717, 1.165) is 0 Å². The van der Waals surface area contributed by atoms with Crippen LogP contribution in [0.1, 0.15) is 35.0 Å². The predicted molar refractivity (Wildman–Crippen MR) is 79.4 cm³/mol. The molecule has 130 valence electrons. The van der Waals surface area contributed by atoms with Crippen molar-refractivity contribution in [2.24, 2.45) is 11.5 Å². The Morgan fingerprint density at radius 1 is 1.13 bits per heavy atom. The quantitative estimate of drug-likeness (QED) is 0.128. The van der Waals surface area contributed by atoms with Crippen LogP contribution in [0.3, 0.4) is 0 Å². The summed E-state index contributed by atoms with van der Waals surface area (Å²) in [5.41, 5.74) is 7.88. The zero-order chi connectivity index (χ0) is 17.3. The van der Waals surface area contributed by atoms with E-state index in [4.69, 9.17) is 21.7 Å². The Bertz CT molecular complexity index is 455. The average molecular weight is 347 g/mol. The number of esters is 2. The minimum absolute atomic E-state index is 0. The molecule has 0 aromatic carbocycles. The third-order valence-electron chi connectivity index (χ3n) is 2.76. The Balaban J connectivity index is -0.000000735. The minimum Gasteiger partial charge on any atom is -1.00 e. The van der Waals surface area contributed by atoms with Gasteiger partial charge < -0.3 is 34.4 Å². The van der Waals surface area contributed by atoms with Gasteiger partial charge in [-0.1, -0.05) is 6.42 Å². The molecule has 0 fully saturated rings. The number of unbranched alkanes of at least 4 members (excludes halogenated alkanes) is 1. The van der Waals surface area contributed by atoms with Gasteiger partial charge in [0.05, 0.1) is 12.8 Å². The summed E-state index contributed by atoms with van der Waals surface area (Å²) in [5.74, 6) is -5.98. The summed E-state index contributed by atoms with van der Waals surface area (Å²) in [6.07, 6.45) is -1.00. The number of nitrogens with two attached hydrogens (primary N) is 2. The van der Waals surface area contributed by atoms with E-state index < -0.39 is 48.4 Å². The van der Waals surface area contributed by atoms with Crippen LogP contribution in [0, 0.1) is 0 Å². The second kappa shape index (κ2) is 11.3. The number of ether oxygens (including phenoxy) is 1. The fourth-order valence-corrected chi connectivity index (χ4v) is 1.55. The first-order valence-corrected chi connectivity index (χ1v) is 6.50. The molecular formula is C12H22MgN2O8. The van der Waals surface area contributed by atoms with Crippen molar-refractivity contribution in [3.05, 3.63) is 0 Å². The molecule has 0 bridgehead atoms. The molecule has 11 heteroatoms. The molecule has 0 aromatic rings. The Morgan fingerprint density at radius 2 is 1.70 bits per heavy atom. The number of rotatable bonds is 10. The SMILES string of the molecule is NCCCC[C@H](N)C(=O)OC(=O)CC(O)(CC(=O)O)C(=O)O.[H-].[H-].[Mg+2]. The smallest absolute Gasteiger partial charge is 1.00 e. The van der Waals surface area contributed by atoms with Crippen molar-refractivity contribution in [3.8, 4) is 0 Å². The second-order valence-corrected chi connectivity index (χ2v) is 4.77. The number of hydrogen-bond acceptors (Lipinski definition) is 8. The average Bonchev–Trinajstić information content (AvgIpc) is 2.37. The molecular weight excluding hydrogens is 324 g/mol. The maximum atomic E-state index is 11.5. The van der Waals surface area contributed by atoms with Gasteiger partial charge in [-0.15, -0.1) is 0 Å². The number of aliphatic carboxylic acids is 2. The van der Waals surface area contributed by atoms with Crippen molar-refractivity contribution in [2.75, 3.05) is 6.54 Å². The summed E-state index contributed by atoms with van der Waals surface area (Å²) in [4.78, 5) is 44.3. The molecule has 0 aliphatic heterocycles. The number of hydrogen-bond donors (Lipinski definition) is 5. The van der Waals surface area contributed by atoms with Crippen LogP contribution in [0.5, 0.6) is 0 Å².